The van der Waals surface area contributed by atoms with E-state index in [-0.39, 0.29) is 17.4 Å². The molecule has 7 nitrogen and oxygen atoms in total. The zero-order chi connectivity index (χ0) is 26.1. The number of nitrogens with one attached hydrogen (secondary N) is 1. The van der Waals surface area contributed by atoms with Crippen molar-refractivity contribution in [3.63, 3.8) is 0 Å². The van der Waals surface area contributed by atoms with E-state index in [4.69, 9.17) is 4.74 Å². The van der Waals surface area contributed by atoms with Crippen LogP contribution < -0.4 is 5.32 Å². The number of halogens is 3. The van der Waals surface area contributed by atoms with Crippen LogP contribution in [0, 0.1) is 17.5 Å². The van der Waals surface area contributed by atoms with E-state index >= 15 is 0 Å². The summed E-state index contributed by atoms with van der Waals surface area (Å²) >= 11 is 0. The van der Waals surface area contributed by atoms with Crippen molar-refractivity contribution in [2.45, 2.75) is 62.3 Å². The van der Waals surface area contributed by atoms with Gasteiger partial charge < -0.3 is 15.2 Å². The molecular weight excluding hydrogens is 487 g/mol. The van der Waals surface area contributed by atoms with Gasteiger partial charge in [0.1, 0.15) is 11.9 Å². The Hall–Kier alpha value is -3.11. The molecule has 1 saturated carbocycles. The maximum Gasteiger partial charge on any atom is 0.419 e. The first-order valence-electron chi connectivity index (χ1n) is 12.7. The highest BCUT2D eigenvalue weighted by molar-refractivity contribution is 5.93. The zero-order valence-corrected chi connectivity index (χ0v) is 20.3. The van der Waals surface area contributed by atoms with Gasteiger partial charge in [0.05, 0.1) is 6.61 Å². The summed E-state index contributed by atoms with van der Waals surface area (Å²) in [5.41, 5.74) is 1.32. The molecule has 3 atom stereocenters. The van der Waals surface area contributed by atoms with E-state index in [1.54, 1.807) is 0 Å². The van der Waals surface area contributed by atoms with E-state index in [1.807, 2.05) is 12.1 Å². The Kier molecular flexibility index (Phi) is 7.39. The number of rotatable bonds is 5. The van der Waals surface area contributed by atoms with Crippen LogP contribution >= 0.6 is 0 Å². The highest BCUT2D eigenvalue weighted by Gasteiger charge is 2.47. The maximum absolute atomic E-state index is 13.9. The third-order valence-corrected chi connectivity index (χ3v) is 7.86. The summed E-state index contributed by atoms with van der Waals surface area (Å²) in [6.07, 6.45) is 2.74. The summed E-state index contributed by atoms with van der Waals surface area (Å²) in [4.78, 5) is 28.8. The van der Waals surface area contributed by atoms with E-state index in [1.165, 1.54) is 23.8 Å². The fourth-order valence-electron chi connectivity index (χ4n) is 5.93. The average molecular weight is 518 g/mol. The molecule has 2 N–H and O–H groups in total. The summed E-state index contributed by atoms with van der Waals surface area (Å²) in [6, 6.07) is 8.26. The van der Waals surface area contributed by atoms with Crippen LogP contribution in [-0.2, 0) is 4.74 Å². The fraction of sp³-hybridized carbons (Fsp3) is 0.481. The average Bonchev–Trinajstić information content (AvgIpc) is 3.50. The van der Waals surface area contributed by atoms with Crippen LogP contribution in [0.4, 0.5) is 22.8 Å². The number of hydrogen-bond acceptors (Lipinski definition) is 5. The molecule has 3 amide bonds. The minimum absolute atomic E-state index is 0.157. The SMILES string of the molecule is O=C(N[C@@H]1CCN(C2CCC(c3ccc(F)cc3)CC2)C1)N1C(=O)O[C@@H](CO)[C@@H]1c1ccc(F)c(F)c1. The van der Waals surface area contributed by atoms with Crippen molar-refractivity contribution >= 4 is 12.1 Å². The second-order valence-corrected chi connectivity index (χ2v) is 10.1. The van der Waals surface area contributed by atoms with Crippen LogP contribution in [0.25, 0.3) is 0 Å². The molecule has 0 bridgehead atoms. The minimum Gasteiger partial charge on any atom is -0.441 e. The van der Waals surface area contributed by atoms with Gasteiger partial charge >= 0.3 is 12.1 Å². The predicted octanol–water partition coefficient (Wildman–Crippen LogP) is 4.47. The van der Waals surface area contributed by atoms with Gasteiger partial charge in [-0.3, -0.25) is 4.90 Å². The van der Waals surface area contributed by atoms with Crippen molar-refractivity contribution < 1.29 is 32.6 Å². The van der Waals surface area contributed by atoms with Gasteiger partial charge in [0.2, 0.25) is 0 Å². The molecular formula is C27H30F3N3O4. The minimum atomic E-state index is -1.12. The summed E-state index contributed by atoms with van der Waals surface area (Å²) in [7, 11) is 0. The second kappa shape index (κ2) is 10.7. The van der Waals surface area contributed by atoms with Crippen LogP contribution in [0.1, 0.15) is 55.2 Å². The van der Waals surface area contributed by atoms with Gasteiger partial charge in [-0.05, 0) is 73.4 Å². The number of imide groups is 1. The topological polar surface area (TPSA) is 82.1 Å². The molecule has 2 heterocycles. The van der Waals surface area contributed by atoms with Gasteiger partial charge in [0.15, 0.2) is 17.7 Å². The Labute approximate surface area is 213 Å². The van der Waals surface area contributed by atoms with Gasteiger partial charge in [-0.25, -0.2) is 27.7 Å². The predicted molar refractivity (Wildman–Crippen MR) is 128 cm³/mol. The molecule has 1 aliphatic carbocycles. The third-order valence-electron chi connectivity index (χ3n) is 7.86. The van der Waals surface area contributed by atoms with Gasteiger partial charge in [0.25, 0.3) is 0 Å². The highest BCUT2D eigenvalue weighted by Crippen LogP contribution is 2.37. The number of cyclic esters (lactones) is 1. The number of nitrogens with zero attached hydrogens (tertiary/aromatic N) is 2. The molecule has 3 fully saturated rings. The zero-order valence-electron chi connectivity index (χ0n) is 20.3. The van der Waals surface area contributed by atoms with E-state index in [0.717, 1.165) is 49.3 Å². The molecule has 0 radical (unpaired) electrons. The summed E-state index contributed by atoms with van der Waals surface area (Å²) in [6.45, 7) is 0.879. The third kappa shape index (κ3) is 5.31. The quantitative estimate of drug-likeness (QED) is 0.612. The summed E-state index contributed by atoms with van der Waals surface area (Å²) < 4.78 is 45.7. The van der Waals surface area contributed by atoms with Gasteiger partial charge in [0, 0.05) is 25.2 Å². The van der Waals surface area contributed by atoms with E-state index < -0.39 is 42.5 Å². The number of amides is 3. The summed E-state index contributed by atoms with van der Waals surface area (Å²) in [5, 5.41) is 12.6. The highest BCUT2D eigenvalue weighted by atomic mass is 19.2. The largest absolute Gasteiger partial charge is 0.441 e. The first-order valence-corrected chi connectivity index (χ1v) is 12.7. The van der Waals surface area contributed by atoms with Crippen LogP contribution in [0.5, 0.6) is 0 Å². The lowest BCUT2D eigenvalue weighted by molar-refractivity contribution is 0.0827. The first-order chi connectivity index (χ1) is 17.8. The van der Waals surface area contributed by atoms with Crippen LogP contribution in [-0.4, -0.2) is 64.9 Å². The second-order valence-electron chi connectivity index (χ2n) is 10.1. The smallest absolute Gasteiger partial charge is 0.419 e. The molecule has 0 spiro atoms. The number of aliphatic hydroxyl groups is 1. The Morgan fingerprint density at radius 1 is 0.973 bits per heavy atom. The molecule has 10 heteroatoms. The Morgan fingerprint density at radius 2 is 1.68 bits per heavy atom. The van der Waals surface area contributed by atoms with E-state index in [9.17, 15) is 27.9 Å². The lowest BCUT2D eigenvalue weighted by Gasteiger charge is -2.35. The van der Waals surface area contributed by atoms with Crippen LogP contribution in [0.15, 0.2) is 42.5 Å². The Bertz CT molecular complexity index is 1140. The number of likely N-dealkylation sites (tertiary alicyclic amines) is 1. The van der Waals surface area contributed by atoms with Crippen molar-refractivity contribution in [1.82, 2.24) is 15.1 Å². The van der Waals surface area contributed by atoms with Crippen molar-refractivity contribution in [3.05, 3.63) is 71.0 Å². The van der Waals surface area contributed by atoms with Crippen molar-refractivity contribution in [3.8, 4) is 0 Å². The number of benzene rings is 2. The van der Waals surface area contributed by atoms with E-state index in [0.29, 0.717) is 24.9 Å². The lowest BCUT2D eigenvalue weighted by Crippen LogP contribution is -2.48. The number of ether oxygens (including phenoxy) is 1. The molecule has 2 aromatic rings. The maximum atomic E-state index is 13.9. The Morgan fingerprint density at radius 3 is 2.35 bits per heavy atom. The molecule has 198 valence electrons. The molecule has 3 aliphatic rings. The van der Waals surface area contributed by atoms with Gasteiger partial charge in [-0.2, -0.15) is 0 Å². The molecule has 2 saturated heterocycles. The van der Waals surface area contributed by atoms with Crippen LogP contribution in [0.2, 0.25) is 0 Å². The number of hydrogen-bond donors (Lipinski definition) is 2. The Balaban J connectivity index is 1.19. The lowest BCUT2D eigenvalue weighted by atomic mass is 9.81. The van der Waals surface area contributed by atoms with Gasteiger partial charge in [-0.1, -0.05) is 18.2 Å². The van der Waals surface area contributed by atoms with Crippen molar-refractivity contribution in [2.24, 2.45) is 0 Å². The molecule has 2 aliphatic heterocycles. The van der Waals surface area contributed by atoms with Crippen molar-refractivity contribution in [2.75, 3.05) is 19.7 Å². The van der Waals surface area contributed by atoms with Crippen molar-refractivity contribution in [1.29, 1.82) is 0 Å². The number of carbonyl (C=O) groups excluding carboxylic acids is 2. The molecule has 0 aromatic heterocycles. The molecule has 37 heavy (non-hydrogen) atoms. The van der Waals surface area contributed by atoms with Crippen LogP contribution in [0.3, 0.4) is 0 Å². The standard InChI is InChI=1S/C27H30F3N3O4/c28-19-6-1-16(2-7-19)17-3-8-21(9-4-17)32-12-11-20(14-32)31-26(35)33-25(24(15-34)37-27(33)36)18-5-10-22(29)23(30)13-18/h1-2,5-7,10,13,17,20-21,24-25,34H,3-4,8-9,11-12,14-15H2,(H,31,35)/t17?,20-,21?,24+,25+/m1/s1. The molecule has 2 aromatic carbocycles. The molecule has 0 unspecified atom stereocenters. The van der Waals surface area contributed by atoms with Gasteiger partial charge in [-0.15, -0.1) is 0 Å². The number of aliphatic hydroxyl groups excluding tert-OH is 1. The normalized spacial score (nSPS) is 28.4. The first kappa shape index (κ1) is 25.5. The summed E-state index contributed by atoms with van der Waals surface area (Å²) in [5.74, 6) is -1.98. The number of urea groups is 1. The number of carbonyl (C=O) groups is 2. The molecule has 5 rings (SSSR count). The fourth-order valence-corrected chi connectivity index (χ4v) is 5.93. The van der Waals surface area contributed by atoms with E-state index in [2.05, 4.69) is 10.2 Å². The monoisotopic (exact) mass is 517 g/mol.